The predicted molar refractivity (Wildman–Crippen MR) is 90.1 cm³/mol. The number of aryl methyl sites for hydroxylation is 1. The van der Waals surface area contributed by atoms with Gasteiger partial charge in [0.05, 0.1) is 0 Å². The third-order valence-electron chi connectivity index (χ3n) is 3.63. The van der Waals surface area contributed by atoms with Crippen molar-refractivity contribution in [3.8, 4) is 0 Å². The van der Waals surface area contributed by atoms with Gasteiger partial charge in [-0.15, -0.1) is 0 Å². The van der Waals surface area contributed by atoms with E-state index in [9.17, 15) is 15.2 Å². The molecule has 1 aromatic heterocycles. The molecule has 1 atom stereocenters. The van der Waals surface area contributed by atoms with Crippen LogP contribution < -0.4 is 0 Å². The molecule has 1 N–H and O–H groups in total. The standard InChI is InChI=1S/C13H20N4O3S2/c1-10-14-7-12(17(19)20)16(10)8-11(18)9-22-13(21)15-5-3-2-4-6-15/h7,11,18H,2-6,8-9H2,1H3. The summed E-state index contributed by atoms with van der Waals surface area (Å²) in [6.45, 7) is 3.80. The van der Waals surface area contributed by atoms with Crippen LogP contribution in [0.1, 0.15) is 25.1 Å². The number of rotatable bonds is 5. The lowest BCUT2D eigenvalue weighted by Crippen LogP contribution is -2.33. The molecule has 2 rings (SSSR count). The van der Waals surface area contributed by atoms with Gasteiger partial charge in [-0.2, -0.15) is 0 Å². The Morgan fingerprint density at radius 1 is 1.55 bits per heavy atom. The van der Waals surface area contributed by atoms with E-state index in [0.717, 1.165) is 30.3 Å². The Kier molecular flexibility index (Phi) is 6.16. The van der Waals surface area contributed by atoms with E-state index in [1.807, 2.05) is 0 Å². The molecule has 22 heavy (non-hydrogen) atoms. The molecule has 1 aliphatic rings. The summed E-state index contributed by atoms with van der Waals surface area (Å²) in [6, 6.07) is 0. The molecule has 1 saturated heterocycles. The molecule has 9 heteroatoms. The van der Waals surface area contributed by atoms with E-state index in [4.69, 9.17) is 12.2 Å². The van der Waals surface area contributed by atoms with E-state index in [0.29, 0.717) is 11.6 Å². The van der Waals surface area contributed by atoms with Crippen molar-refractivity contribution >= 4 is 34.1 Å². The van der Waals surface area contributed by atoms with Gasteiger partial charge in [0.1, 0.15) is 23.2 Å². The number of nitrogens with zero attached hydrogens (tertiary/aromatic N) is 4. The van der Waals surface area contributed by atoms with Crippen LogP contribution in [0.15, 0.2) is 6.20 Å². The number of hydrogen-bond donors (Lipinski definition) is 1. The zero-order valence-electron chi connectivity index (χ0n) is 12.5. The normalized spacial score (nSPS) is 16.5. The summed E-state index contributed by atoms with van der Waals surface area (Å²) < 4.78 is 2.23. The zero-order valence-corrected chi connectivity index (χ0v) is 14.1. The highest BCUT2D eigenvalue weighted by Gasteiger charge is 2.21. The Morgan fingerprint density at radius 2 is 2.23 bits per heavy atom. The van der Waals surface area contributed by atoms with Crippen LogP contribution in [0.3, 0.4) is 0 Å². The van der Waals surface area contributed by atoms with Crippen molar-refractivity contribution in [1.82, 2.24) is 14.5 Å². The van der Waals surface area contributed by atoms with Crippen LogP contribution in [-0.4, -0.2) is 53.7 Å². The van der Waals surface area contributed by atoms with Crippen molar-refractivity contribution in [2.45, 2.75) is 38.8 Å². The van der Waals surface area contributed by atoms with Gasteiger partial charge in [-0.1, -0.05) is 24.0 Å². The molecule has 122 valence electrons. The SMILES string of the molecule is Cc1ncc([N+](=O)[O-])n1CC(O)CSC(=S)N1CCCCC1. The summed E-state index contributed by atoms with van der Waals surface area (Å²) in [6.07, 6.45) is 4.07. The van der Waals surface area contributed by atoms with Crippen molar-refractivity contribution in [2.24, 2.45) is 0 Å². The van der Waals surface area contributed by atoms with Gasteiger partial charge in [0.25, 0.3) is 0 Å². The first kappa shape index (κ1) is 17.2. The lowest BCUT2D eigenvalue weighted by molar-refractivity contribution is -0.392. The van der Waals surface area contributed by atoms with Crippen LogP contribution in [0.5, 0.6) is 0 Å². The molecular weight excluding hydrogens is 324 g/mol. The molecule has 0 aliphatic carbocycles. The van der Waals surface area contributed by atoms with Gasteiger partial charge in [0.2, 0.25) is 0 Å². The van der Waals surface area contributed by atoms with Gasteiger partial charge in [-0.25, -0.2) is 9.55 Å². The molecule has 0 spiro atoms. The average Bonchev–Trinajstić information content (AvgIpc) is 2.87. The Morgan fingerprint density at radius 3 is 2.86 bits per heavy atom. The minimum Gasteiger partial charge on any atom is -0.388 e. The maximum absolute atomic E-state index is 10.9. The number of likely N-dealkylation sites (tertiary alicyclic amines) is 1. The van der Waals surface area contributed by atoms with Crippen molar-refractivity contribution < 1.29 is 10.0 Å². The molecular formula is C13H20N4O3S2. The number of hydrogen-bond acceptors (Lipinski definition) is 6. The first-order valence-corrected chi connectivity index (χ1v) is 8.64. The van der Waals surface area contributed by atoms with Gasteiger partial charge in [-0.3, -0.25) is 0 Å². The summed E-state index contributed by atoms with van der Waals surface area (Å²) in [5.41, 5.74) is 0. The molecule has 0 bridgehead atoms. The summed E-state index contributed by atoms with van der Waals surface area (Å²) in [5, 5.41) is 21.0. The van der Waals surface area contributed by atoms with Gasteiger partial charge in [-0.05, 0) is 24.2 Å². The molecule has 0 saturated carbocycles. The lowest BCUT2D eigenvalue weighted by atomic mass is 10.1. The van der Waals surface area contributed by atoms with Crippen LogP contribution in [-0.2, 0) is 6.54 Å². The second kappa shape index (κ2) is 7.89. The Hall–Kier alpha value is -1.19. The second-order valence-corrected chi connectivity index (χ2v) is 6.96. The summed E-state index contributed by atoms with van der Waals surface area (Å²) in [7, 11) is 0. The largest absolute Gasteiger partial charge is 0.388 e. The van der Waals surface area contributed by atoms with E-state index < -0.39 is 11.0 Å². The highest BCUT2D eigenvalue weighted by atomic mass is 32.2. The molecule has 1 aliphatic heterocycles. The minimum absolute atomic E-state index is 0.0971. The fourth-order valence-corrected chi connectivity index (χ4v) is 3.62. The zero-order chi connectivity index (χ0) is 16.1. The number of imidazole rings is 1. The molecule has 2 heterocycles. The van der Waals surface area contributed by atoms with Gasteiger partial charge >= 0.3 is 5.82 Å². The van der Waals surface area contributed by atoms with E-state index in [2.05, 4.69) is 9.88 Å². The van der Waals surface area contributed by atoms with Crippen molar-refractivity contribution in [2.75, 3.05) is 18.8 Å². The topological polar surface area (TPSA) is 84.4 Å². The number of aliphatic hydroxyl groups excluding tert-OH is 1. The minimum atomic E-state index is -0.709. The number of thiocarbonyl (C=S) groups is 1. The highest BCUT2D eigenvalue weighted by Crippen LogP contribution is 2.19. The number of aliphatic hydroxyl groups is 1. The van der Waals surface area contributed by atoms with Gasteiger partial charge < -0.3 is 20.1 Å². The first-order valence-electron chi connectivity index (χ1n) is 7.25. The molecule has 7 nitrogen and oxygen atoms in total. The Bertz CT molecular complexity index is 543. The maximum Gasteiger partial charge on any atom is 0.342 e. The summed E-state index contributed by atoms with van der Waals surface area (Å²) >= 11 is 6.82. The van der Waals surface area contributed by atoms with Crippen LogP contribution in [0, 0.1) is 17.0 Å². The van der Waals surface area contributed by atoms with E-state index >= 15 is 0 Å². The van der Waals surface area contributed by atoms with Crippen LogP contribution in [0.25, 0.3) is 0 Å². The van der Waals surface area contributed by atoms with Crippen molar-refractivity contribution in [3.63, 3.8) is 0 Å². The van der Waals surface area contributed by atoms with E-state index in [1.165, 1.54) is 28.9 Å². The number of nitro groups is 1. The van der Waals surface area contributed by atoms with Crippen LogP contribution in [0.4, 0.5) is 5.82 Å². The second-order valence-electron chi connectivity index (χ2n) is 5.31. The molecule has 1 fully saturated rings. The average molecular weight is 344 g/mol. The first-order chi connectivity index (χ1) is 10.5. The summed E-state index contributed by atoms with van der Waals surface area (Å²) in [5.74, 6) is 0.846. The van der Waals surface area contributed by atoms with Gasteiger partial charge in [0, 0.05) is 25.8 Å². The van der Waals surface area contributed by atoms with Gasteiger partial charge in [0.15, 0.2) is 5.82 Å². The molecule has 0 radical (unpaired) electrons. The van der Waals surface area contributed by atoms with Crippen LogP contribution >= 0.6 is 24.0 Å². The molecule has 1 unspecified atom stereocenters. The smallest absolute Gasteiger partial charge is 0.342 e. The molecule has 0 amide bonds. The molecule has 1 aromatic rings. The highest BCUT2D eigenvalue weighted by molar-refractivity contribution is 8.22. The fraction of sp³-hybridized carbons (Fsp3) is 0.692. The quantitative estimate of drug-likeness (QED) is 0.496. The van der Waals surface area contributed by atoms with E-state index in [1.54, 1.807) is 6.92 Å². The number of piperidine rings is 1. The van der Waals surface area contributed by atoms with Crippen molar-refractivity contribution in [3.05, 3.63) is 22.1 Å². The predicted octanol–water partition coefficient (Wildman–Crippen LogP) is 1.96. The third kappa shape index (κ3) is 4.40. The molecule has 0 aromatic carbocycles. The number of aromatic nitrogens is 2. The number of thioether (sulfide) groups is 1. The Labute approximate surface area is 138 Å². The summed E-state index contributed by atoms with van der Waals surface area (Å²) in [4.78, 5) is 16.5. The van der Waals surface area contributed by atoms with Crippen LogP contribution in [0.2, 0.25) is 0 Å². The van der Waals surface area contributed by atoms with Crippen molar-refractivity contribution in [1.29, 1.82) is 0 Å². The Balaban J connectivity index is 1.85. The fourth-order valence-electron chi connectivity index (χ4n) is 2.43. The third-order valence-corrected chi connectivity index (χ3v) is 5.30. The lowest BCUT2D eigenvalue weighted by Gasteiger charge is -2.28. The van der Waals surface area contributed by atoms with E-state index in [-0.39, 0.29) is 12.4 Å². The monoisotopic (exact) mass is 344 g/mol. The maximum atomic E-state index is 10.9.